The first-order valence-corrected chi connectivity index (χ1v) is 6.72. The van der Waals surface area contributed by atoms with E-state index in [1.807, 2.05) is 0 Å². The van der Waals surface area contributed by atoms with Gasteiger partial charge in [-0.25, -0.2) is 8.42 Å². The second kappa shape index (κ2) is 4.95. The smallest absolute Gasteiger partial charge is 0.245 e. The molecule has 4 N–H and O–H groups in total. The number of likely N-dealkylation sites (N-methyl/N-ethyl adjacent to an activating group) is 1. The summed E-state index contributed by atoms with van der Waals surface area (Å²) in [6, 6.07) is 3.43. The number of hydrogen-bond acceptors (Lipinski definition) is 4. The van der Waals surface area contributed by atoms with Crippen molar-refractivity contribution in [2.24, 2.45) is 5.73 Å². The van der Waals surface area contributed by atoms with Gasteiger partial charge in [-0.2, -0.15) is 4.31 Å². The van der Waals surface area contributed by atoms with E-state index in [0.29, 0.717) is 11.1 Å². The maximum absolute atomic E-state index is 12.3. The van der Waals surface area contributed by atoms with Gasteiger partial charge in [-0.05, 0) is 25.0 Å². The van der Waals surface area contributed by atoms with Crippen LogP contribution in [0.15, 0.2) is 17.0 Å². The van der Waals surface area contributed by atoms with E-state index in [2.05, 4.69) is 0 Å². The zero-order valence-corrected chi connectivity index (χ0v) is 11.4. The molecule has 0 aromatic heterocycles. The zero-order chi connectivity index (χ0) is 14.1. The van der Waals surface area contributed by atoms with Crippen LogP contribution in [0.2, 0.25) is 0 Å². The number of nitrogen functional groups attached to an aromatic ring is 1. The second-order valence-corrected chi connectivity index (χ2v) is 6.15. The third-order valence-corrected chi connectivity index (χ3v) is 4.67. The lowest BCUT2D eigenvalue weighted by Gasteiger charge is -2.19. The molecule has 1 aromatic rings. The predicted octanol–water partition coefficient (Wildman–Crippen LogP) is -0.00856. The van der Waals surface area contributed by atoms with E-state index in [-0.39, 0.29) is 17.1 Å². The minimum absolute atomic E-state index is 0.0336. The third-order valence-electron chi connectivity index (χ3n) is 2.66. The van der Waals surface area contributed by atoms with Crippen LogP contribution in [-0.2, 0) is 14.8 Å². The second-order valence-electron chi connectivity index (χ2n) is 4.17. The molecule has 18 heavy (non-hydrogen) atoms. The van der Waals surface area contributed by atoms with Gasteiger partial charge in [0.1, 0.15) is 4.90 Å². The number of anilines is 1. The highest BCUT2D eigenvalue weighted by molar-refractivity contribution is 7.89. The van der Waals surface area contributed by atoms with Crippen LogP contribution in [0.3, 0.4) is 0 Å². The van der Waals surface area contributed by atoms with Gasteiger partial charge in [0.2, 0.25) is 15.9 Å². The Morgan fingerprint density at radius 3 is 2.28 bits per heavy atom. The molecule has 0 heterocycles. The molecule has 0 atom stereocenters. The summed E-state index contributed by atoms with van der Waals surface area (Å²) in [4.78, 5) is 10.8. The van der Waals surface area contributed by atoms with Crippen molar-refractivity contribution < 1.29 is 13.2 Å². The number of hydrogen-bond donors (Lipinski definition) is 2. The molecule has 1 rings (SSSR count). The van der Waals surface area contributed by atoms with Crippen LogP contribution in [0.5, 0.6) is 0 Å². The van der Waals surface area contributed by atoms with Crippen molar-refractivity contribution in [2.75, 3.05) is 19.3 Å². The number of aryl methyl sites for hydroxylation is 2. The van der Waals surface area contributed by atoms with E-state index < -0.39 is 15.9 Å². The molecule has 0 radical (unpaired) electrons. The largest absolute Gasteiger partial charge is 0.397 e. The molecule has 0 unspecified atom stereocenters. The SMILES string of the molecule is Cc1ccc(C)c(S(=O)(=O)N(C)CC(N)=O)c1N. The molecule has 0 saturated carbocycles. The van der Waals surface area contributed by atoms with Crippen LogP contribution in [0.4, 0.5) is 5.69 Å². The van der Waals surface area contributed by atoms with Crippen molar-refractivity contribution in [3.63, 3.8) is 0 Å². The number of sulfonamides is 1. The number of benzene rings is 1. The van der Waals surface area contributed by atoms with Crippen LogP contribution in [0.25, 0.3) is 0 Å². The number of rotatable bonds is 4. The zero-order valence-electron chi connectivity index (χ0n) is 10.6. The van der Waals surface area contributed by atoms with Gasteiger partial charge >= 0.3 is 0 Å². The molecule has 100 valence electrons. The fourth-order valence-electron chi connectivity index (χ4n) is 1.61. The third kappa shape index (κ3) is 2.62. The number of carbonyl (C=O) groups excluding carboxylic acids is 1. The Labute approximate surface area is 107 Å². The maximum atomic E-state index is 12.3. The van der Waals surface area contributed by atoms with Crippen molar-refractivity contribution in [3.05, 3.63) is 23.3 Å². The van der Waals surface area contributed by atoms with E-state index in [9.17, 15) is 13.2 Å². The van der Waals surface area contributed by atoms with Crippen molar-refractivity contribution >= 4 is 21.6 Å². The van der Waals surface area contributed by atoms with E-state index in [1.165, 1.54) is 7.05 Å². The first-order valence-electron chi connectivity index (χ1n) is 5.28. The topological polar surface area (TPSA) is 106 Å². The highest BCUT2D eigenvalue weighted by Crippen LogP contribution is 2.27. The van der Waals surface area contributed by atoms with Gasteiger partial charge in [-0.15, -0.1) is 0 Å². The fourth-order valence-corrected chi connectivity index (χ4v) is 3.13. The van der Waals surface area contributed by atoms with Crippen LogP contribution >= 0.6 is 0 Å². The van der Waals surface area contributed by atoms with Gasteiger partial charge in [0.05, 0.1) is 12.2 Å². The standard InChI is InChI=1S/C11H17N3O3S/c1-7-4-5-8(2)11(10(7)13)18(16,17)14(3)6-9(12)15/h4-5H,6,13H2,1-3H3,(H2,12,15). The Morgan fingerprint density at radius 1 is 1.28 bits per heavy atom. The molecule has 0 bridgehead atoms. The summed E-state index contributed by atoms with van der Waals surface area (Å²) in [5, 5.41) is 0. The summed E-state index contributed by atoms with van der Waals surface area (Å²) in [6.07, 6.45) is 0. The number of amides is 1. The minimum Gasteiger partial charge on any atom is -0.397 e. The molecule has 7 heteroatoms. The fraction of sp³-hybridized carbons (Fsp3) is 0.364. The van der Waals surface area contributed by atoms with Gasteiger partial charge < -0.3 is 11.5 Å². The summed E-state index contributed by atoms with van der Waals surface area (Å²) in [6.45, 7) is 3.00. The van der Waals surface area contributed by atoms with Gasteiger partial charge in [0.15, 0.2) is 0 Å². The summed E-state index contributed by atoms with van der Waals surface area (Å²) in [5.41, 5.74) is 12.2. The highest BCUT2D eigenvalue weighted by atomic mass is 32.2. The van der Waals surface area contributed by atoms with Crippen LogP contribution in [-0.4, -0.2) is 32.2 Å². The molecular formula is C11H17N3O3S. The lowest BCUT2D eigenvalue weighted by molar-refractivity contribution is -0.118. The lowest BCUT2D eigenvalue weighted by atomic mass is 10.1. The van der Waals surface area contributed by atoms with Gasteiger partial charge in [0.25, 0.3) is 0 Å². The number of nitrogens with zero attached hydrogens (tertiary/aromatic N) is 1. The van der Waals surface area contributed by atoms with E-state index in [4.69, 9.17) is 11.5 Å². The summed E-state index contributed by atoms with van der Waals surface area (Å²) in [5.74, 6) is -0.718. The van der Waals surface area contributed by atoms with Crippen LogP contribution < -0.4 is 11.5 Å². The summed E-state index contributed by atoms with van der Waals surface area (Å²) < 4.78 is 25.5. The summed E-state index contributed by atoms with van der Waals surface area (Å²) >= 11 is 0. The van der Waals surface area contributed by atoms with E-state index in [0.717, 1.165) is 4.31 Å². The number of nitrogens with two attached hydrogens (primary N) is 2. The first kappa shape index (κ1) is 14.5. The predicted molar refractivity (Wildman–Crippen MR) is 69.3 cm³/mol. The molecule has 0 aliphatic heterocycles. The average Bonchev–Trinajstić information content (AvgIpc) is 2.22. The Kier molecular flexibility index (Phi) is 3.98. The normalized spacial score (nSPS) is 11.8. The Morgan fingerprint density at radius 2 is 1.78 bits per heavy atom. The van der Waals surface area contributed by atoms with E-state index >= 15 is 0 Å². The minimum atomic E-state index is -3.81. The maximum Gasteiger partial charge on any atom is 0.245 e. The number of primary amides is 1. The molecule has 1 aromatic carbocycles. The molecule has 0 fully saturated rings. The molecule has 0 aliphatic rings. The molecule has 0 spiro atoms. The molecule has 6 nitrogen and oxygen atoms in total. The van der Waals surface area contributed by atoms with Crippen molar-refractivity contribution in [3.8, 4) is 0 Å². The van der Waals surface area contributed by atoms with Crippen molar-refractivity contribution in [1.82, 2.24) is 4.31 Å². The molecular weight excluding hydrogens is 254 g/mol. The van der Waals surface area contributed by atoms with Gasteiger partial charge in [-0.3, -0.25) is 4.79 Å². The number of carbonyl (C=O) groups is 1. The van der Waals surface area contributed by atoms with Crippen molar-refractivity contribution in [2.45, 2.75) is 18.7 Å². The molecule has 1 amide bonds. The van der Waals surface area contributed by atoms with Crippen LogP contribution in [0.1, 0.15) is 11.1 Å². The highest BCUT2D eigenvalue weighted by Gasteiger charge is 2.26. The quantitative estimate of drug-likeness (QED) is 0.751. The average molecular weight is 271 g/mol. The van der Waals surface area contributed by atoms with Gasteiger partial charge in [-0.1, -0.05) is 12.1 Å². The summed E-state index contributed by atoms with van der Waals surface area (Å²) in [7, 11) is -2.52. The van der Waals surface area contributed by atoms with Crippen LogP contribution in [0, 0.1) is 13.8 Å². The molecule has 0 saturated heterocycles. The Bertz CT molecular complexity index is 581. The van der Waals surface area contributed by atoms with Crippen molar-refractivity contribution in [1.29, 1.82) is 0 Å². The Balaban J connectivity index is 3.37. The lowest BCUT2D eigenvalue weighted by Crippen LogP contribution is -2.36. The van der Waals surface area contributed by atoms with Gasteiger partial charge in [0, 0.05) is 7.05 Å². The monoisotopic (exact) mass is 271 g/mol. The Hall–Kier alpha value is -1.60. The van der Waals surface area contributed by atoms with E-state index in [1.54, 1.807) is 26.0 Å². The first-order chi connectivity index (χ1) is 8.17. The molecule has 0 aliphatic carbocycles.